The van der Waals surface area contributed by atoms with Crippen molar-refractivity contribution in [3.05, 3.63) is 0 Å². The first kappa shape index (κ1) is 17.2. The molecular formula is C18H37N3. The normalized spacial score (nSPS) is 30.7. The second kappa shape index (κ2) is 7.94. The van der Waals surface area contributed by atoms with E-state index in [9.17, 15) is 0 Å². The van der Waals surface area contributed by atoms with Crippen LogP contribution in [-0.2, 0) is 0 Å². The molecule has 1 saturated carbocycles. The van der Waals surface area contributed by atoms with E-state index in [-0.39, 0.29) is 0 Å². The third-order valence-electron chi connectivity index (χ3n) is 5.78. The summed E-state index contributed by atoms with van der Waals surface area (Å²) < 4.78 is 0. The third-order valence-corrected chi connectivity index (χ3v) is 5.78. The summed E-state index contributed by atoms with van der Waals surface area (Å²) in [6, 6.07) is 0.743. The van der Waals surface area contributed by atoms with Gasteiger partial charge in [-0.05, 0) is 44.8 Å². The van der Waals surface area contributed by atoms with Gasteiger partial charge in [0.05, 0.1) is 0 Å². The van der Waals surface area contributed by atoms with Gasteiger partial charge in [0.25, 0.3) is 0 Å². The van der Waals surface area contributed by atoms with Crippen molar-refractivity contribution in [2.75, 3.05) is 46.8 Å². The first-order valence-electron chi connectivity index (χ1n) is 9.16. The minimum atomic E-state index is 0.535. The van der Waals surface area contributed by atoms with Gasteiger partial charge in [-0.15, -0.1) is 0 Å². The highest BCUT2D eigenvalue weighted by atomic mass is 15.2. The van der Waals surface area contributed by atoms with Gasteiger partial charge in [-0.2, -0.15) is 0 Å². The average Bonchev–Trinajstić information content (AvgIpc) is 2.67. The van der Waals surface area contributed by atoms with Crippen molar-refractivity contribution in [3.63, 3.8) is 0 Å². The molecule has 3 nitrogen and oxygen atoms in total. The monoisotopic (exact) mass is 295 g/mol. The molecule has 2 rings (SSSR count). The fourth-order valence-corrected chi connectivity index (χ4v) is 4.58. The molecule has 0 amide bonds. The van der Waals surface area contributed by atoms with Crippen LogP contribution in [0.2, 0.25) is 0 Å². The zero-order valence-electron chi connectivity index (χ0n) is 14.8. The Morgan fingerprint density at radius 3 is 2.29 bits per heavy atom. The van der Waals surface area contributed by atoms with E-state index in [2.05, 4.69) is 43.1 Å². The molecule has 0 spiro atoms. The van der Waals surface area contributed by atoms with E-state index in [0.717, 1.165) is 18.5 Å². The molecule has 0 bridgehead atoms. The fourth-order valence-electron chi connectivity index (χ4n) is 4.58. The maximum atomic E-state index is 3.67. The number of hydrogen-bond donors (Lipinski definition) is 1. The molecular weight excluding hydrogens is 258 g/mol. The standard InChI is InChI=1S/C18H37N3/c1-5-19-14-18(10-8-6-7-9-11-18)15-21-12-16(2)17(13-21)20(3)4/h16-17,19H,5-15H2,1-4H3. The quantitative estimate of drug-likeness (QED) is 0.760. The van der Waals surface area contributed by atoms with Crippen molar-refractivity contribution < 1.29 is 0 Å². The number of likely N-dealkylation sites (N-methyl/N-ethyl adjacent to an activating group) is 1. The van der Waals surface area contributed by atoms with E-state index < -0.39 is 0 Å². The Labute approximate surface area is 132 Å². The molecule has 0 radical (unpaired) electrons. The molecule has 1 aliphatic heterocycles. The summed E-state index contributed by atoms with van der Waals surface area (Å²) in [5, 5.41) is 3.67. The van der Waals surface area contributed by atoms with Gasteiger partial charge < -0.3 is 15.1 Å². The molecule has 1 N–H and O–H groups in total. The molecule has 1 heterocycles. The van der Waals surface area contributed by atoms with Crippen LogP contribution in [0.3, 0.4) is 0 Å². The maximum absolute atomic E-state index is 3.67. The van der Waals surface area contributed by atoms with Crippen LogP contribution in [-0.4, -0.2) is 62.7 Å². The summed E-state index contributed by atoms with van der Waals surface area (Å²) in [5.74, 6) is 0.807. The second-order valence-corrected chi connectivity index (χ2v) is 7.90. The molecule has 0 aromatic heterocycles. The van der Waals surface area contributed by atoms with Crippen molar-refractivity contribution in [1.29, 1.82) is 0 Å². The van der Waals surface area contributed by atoms with Crippen LogP contribution in [0.5, 0.6) is 0 Å². The van der Waals surface area contributed by atoms with Crippen LogP contribution in [0.15, 0.2) is 0 Å². The highest BCUT2D eigenvalue weighted by molar-refractivity contribution is 4.93. The summed E-state index contributed by atoms with van der Waals surface area (Å²) in [4.78, 5) is 5.19. The van der Waals surface area contributed by atoms with E-state index in [1.807, 2.05) is 0 Å². The van der Waals surface area contributed by atoms with Crippen LogP contribution >= 0.6 is 0 Å². The van der Waals surface area contributed by atoms with E-state index in [0.29, 0.717) is 5.41 Å². The lowest BCUT2D eigenvalue weighted by Gasteiger charge is -2.37. The Kier molecular flexibility index (Phi) is 6.51. The molecule has 1 saturated heterocycles. The van der Waals surface area contributed by atoms with Crippen LogP contribution in [0.1, 0.15) is 52.4 Å². The van der Waals surface area contributed by atoms with Crippen molar-refractivity contribution in [2.45, 2.75) is 58.4 Å². The summed E-state index contributed by atoms with van der Waals surface area (Å²) in [6.45, 7) is 10.9. The summed E-state index contributed by atoms with van der Waals surface area (Å²) in [7, 11) is 4.48. The van der Waals surface area contributed by atoms with Gasteiger partial charge in [0.2, 0.25) is 0 Å². The summed E-state index contributed by atoms with van der Waals surface area (Å²) in [5.41, 5.74) is 0.535. The van der Waals surface area contributed by atoms with Crippen molar-refractivity contribution in [3.8, 4) is 0 Å². The number of nitrogens with zero attached hydrogens (tertiary/aromatic N) is 2. The second-order valence-electron chi connectivity index (χ2n) is 7.90. The van der Waals surface area contributed by atoms with Crippen LogP contribution < -0.4 is 5.32 Å². The van der Waals surface area contributed by atoms with Gasteiger partial charge in [-0.3, -0.25) is 0 Å². The molecule has 0 aromatic rings. The van der Waals surface area contributed by atoms with Gasteiger partial charge in [-0.25, -0.2) is 0 Å². The van der Waals surface area contributed by atoms with Crippen molar-refractivity contribution in [1.82, 2.24) is 15.1 Å². The van der Waals surface area contributed by atoms with Crippen molar-refractivity contribution >= 4 is 0 Å². The number of nitrogens with one attached hydrogen (secondary N) is 1. The van der Waals surface area contributed by atoms with Gasteiger partial charge in [-0.1, -0.05) is 39.5 Å². The number of likely N-dealkylation sites (tertiary alicyclic amines) is 1. The number of rotatable bonds is 6. The van der Waals surface area contributed by atoms with Crippen LogP contribution in [0, 0.1) is 11.3 Å². The van der Waals surface area contributed by atoms with Gasteiger partial charge in [0.15, 0.2) is 0 Å². The Balaban J connectivity index is 1.98. The number of hydrogen-bond acceptors (Lipinski definition) is 3. The first-order chi connectivity index (χ1) is 10.1. The molecule has 1 aliphatic carbocycles. The molecule has 2 aliphatic rings. The predicted molar refractivity (Wildman–Crippen MR) is 91.8 cm³/mol. The largest absolute Gasteiger partial charge is 0.316 e. The highest BCUT2D eigenvalue weighted by Gasteiger charge is 2.37. The van der Waals surface area contributed by atoms with Crippen LogP contribution in [0.4, 0.5) is 0 Å². The lowest BCUT2D eigenvalue weighted by atomic mass is 9.79. The Hall–Kier alpha value is -0.120. The summed E-state index contributed by atoms with van der Waals surface area (Å²) >= 11 is 0. The van der Waals surface area contributed by atoms with Gasteiger partial charge in [0.1, 0.15) is 0 Å². The smallest absolute Gasteiger partial charge is 0.0254 e. The lowest BCUT2D eigenvalue weighted by molar-refractivity contribution is 0.139. The zero-order chi connectivity index (χ0) is 15.3. The lowest BCUT2D eigenvalue weighted by Crippen LogP contribution is -2.44. The van der Waals surface area contributed by atoms with E-state index in [4.69, 9.17) is 0 Å². The van der Waals surface area contributed by atoms with Crippen LogP contribution in [0.25, 0.3) is 0 Å². The SMILES string of the molecule is CCNCC1(CN2CC(C)C(N(C)C)C2)CCCCCC1. The molecule has 21 heavy (non-hydrogen) atoms. The highest BCUT2D eigenvalue weighted by Crippen LogP contribution is 2.37. The Bertz CT molecular complexity index is 295. The third kappa shape index (κ3) is 4.67. The zero-order valence-corrected chi connectivity index (χ0v) is 14.8. The van der Waals surface area contributed by atoms with E-state index in [1.165, 1.54) is 64.7 Å². The van der Waals surface area contributed by atoms with E-state index >= 15 is 0 Å². The molecule has 2 atom stereocenters. The van der Waals surface area contributed by atoms with Gasteiger partial charge >= 0.3 is 0 Å². The molecule has 2 fully saturated rings. The van der Waals surface area contributed by atoms with Gasteiger partial charge in [0, 0.05) is 32.2 Å². The predicted octanol–water partition coefficient (Wildman–Crippen LogP) is 2.82. The first-order valence-corrected chi connectivity index (χ1v) is 9.16. The Morgan fingerprint density at radius 1 is 1.10 bits per heavy atom. The topological polar surface area (TPSA) is 18.5 Å². The molecule has 3 heteroatoms. The minimum Gasteiger partial charge on any atom is -0.316 e. The van der Waals surface area contributed by atoms with Crippen molar-refractivity contribution in [2.24, 2.45) is 11.3 Å². The Morgan fingerprint density at radius 2 is 1.76 bits per heavy atom. The minimum absolute atomic E-state index is 0.535. The molecule has 2 unspecified atom stereocenters. The fraction of sp³-hybridized carbons (Fsp3) is 1.00. The molecule has 0 aromatic carbocycles. The summed E-state index contributed by atoms with van der Waals surface area (Å²) in [6.07, 6.45) is 8.63. The average molecular weight is 296 g/mol. The molecule has 124 valence electrons. The van der Waals surface area contributed by atoms with E-state index in [1.54, 1.807) is 0 Å². The maximum Gasteiger partial charge on any atom is 0.0254 e.